The van der Waals surface area contributed by atoms with Gasteiger partial charge in [0.15, 0.2) is 0 Å². The normalized spacial score (nSPS) is 11.9. The second-order valence-electron chi connectivity index (χ2n) is 3.17. The largest absolute Gasteiger partial charge is 0.501 e. The molecule has 88 valence electrons. The zero-order valence-corrected chi connectivity index (χ0v) is 9.91. The second-order valence-corrected chi connectivity index (χ2v) is 3.17. The lowest BCUT2D eigenvalue weighted by Gasteiger charge is -2.04. The maximum atomic E-state index is 11.4. The van der Waals surface area contributed by atoms with Crippen LogP contribution < -0.4 is 5.32 Å². The van der Waals surface area contributed by atoms with Gasteiger partial charge in [-0.1, -0.05) is 6.58 Å². The van der Waals surface area contributed by atoms with E-state index in [1.165, 1.54) is 0 Å². The van der Waals surface area contributed by atoms with Crippen LogP contribution in [-0.2, 0) is 9.53 Å². The monoisotopic (exact) mass is 223 g/mol. The summed E-state index contributed by atoms with van der Waals surface area (Å²) in [5.41, 5.74) is 0.663. The summed E-state index contributed by atoms with van der Waals surface area (Å²) in [4.78, 5) is 11.4. The predicted octanol–water partition coefficient (Wildman–Crippen LogP) is 1.63. The van der Waals surface area contributed by atoms with Gasteiger partial charge < -0.3 is 10.1 Å². The zero-order valence-electron chi connectivity index (χ0n) is 9.91. The second kappa shape index (κ2) is 7.39. The molecule has 16 heavy (non-hydrogen) atoms. The molecule has 0 radical (unpaired) electrons. The quantitative estimate of drug-likeness (QED) is 0.253. The van der Waals surface area contributed by atoms with Gasteiger partial charge in [-0.15, -0.1) is 5.10 Å². The number of amides is 1. The number of nitrogens with zero attached hydrogens (tertiary/aromatic N) is 2. The number of rotatable bonds is 5. The molecular formula is C11H17N3O2. The van der Waals surface area contributed by atoms with Crippen LogP contribution in [0.3, 0.4) is 0 Å². The van der Waals surface area contributed by atoms with E-state index < -0.39 is 0 Å². The summed E-state index contributed by atoms with van der Waals surface area (Å²) in [7, 11) is 1.56. The average Bonchev–Trinajstić information content (AvgIpc) is 2.16. The maximum absolute atomic E-state index is 11.4. The Morgan fingerprint density at radius 3 is 2.62 bits per heavy atom. The first-order valence-electron chi connectivity index (χ1n) is 4.69. The van der Waals surface area contributed by atoms with Crippen LogP contribution >= 0.6 is 0 Å². The molecule has 0 aliphatic rings. The van der Waals surface area contributed by atoms with Crippen LogP contribution in [-0.4, -0.2) is 25.6 Å². The van der Waals surface area contributed by atoms with Crippen molar-refractivity contribution in [2.75, 3.05) is 7.11 Å². The van der Waals surface area contributed by atoms with Gasteiger partial charge in [-0.2, -0.15) is 5.10 Å². The first-order valence-corrected chi connectivity index (χ1v) is 4.69. The third-order valence-corrected chi connectivity index (χ3v) is 1.66. The van der Waals surface area contributed by atoms with Gasteiger partial charge in [0.05, 0.1) is 19.3 Å². The summed E-state index contributed by atoms with van der Waals surface area (Å²) < 4.78 is 4.94. The lowest BCUT2D eigenvalue weighted by atomic mass is 10.2. The summed E-state index contributed by atoms with van der Waals surface area (Å²) >= 11 is 0. The molecule has 0 aliphatic heterocycles. The number of methoxy groups -OCH3 is 1. The maximum Gasteiger partial charge on any atom is 0.229 e. The fraction of sp³-hybridized carbons (Fsp3) is 0.364. The van der Waals surface area contributed by atoms with Crippen molar-refractivity contribution in [3.05, 3.63) is 24.0 Å². The van der Waals surface area contributed by atoms with Crippen molar-refractivity contribution < 1.29 is 9.53 Å². The van der Waals surface area contributed by atoms with Crippen molar-refractivity contribution in [3.63, 3.8) is 0 Å². The highest BCUT2D eigenvalue weighted by atomic mass is 16.5. The van der Waals surface area contributed by atoms with E-state index in [-0.39, 0.29) is 12.3 Å². The van der Waals surface area contributed by atoms with E-state index in [1.807, 2.05) is 0 Å². The van der Waals surface area contributed by atoms with E-state index in [2.05, 4.69) is 28.8 Å². The number of allylic oxidation sites excluding steroid dienone is 2. The number of amidine groups is 1. The van der Waals surface area contributed by atoms with Gasteiger partial charge in [-0.3, -0.25) is 4.79 Å². The molecule has 0 fully saturated rings. The Labute approximate surface area is 95.6 Å². The average molecular weight is 223 g/mol. The minimum atomic E-state index is -0.199. The Kier molecular flexibility index (Phi) is 6.51. The van der Waals surface area contributed by atoms with E-state index in [9.17, 15) is 4.79 Å². The van der Waals surface area contributed by atoms with Crippen LogP contribution in [0.5, 0.6) is 0 Å². The number of nitrogens with one attached hydrogen (secondary N) is 1. The van der Waals surface area contributed by atoms with Crippen molar-refractivity contribution in [2.24, 2.45) is 10.2 Å². The van der Waals surface area contributed by atoms with Crippen LogP contribution in [0.25, 0.3) is 0 Å². The molecule has 0 aliphatic carbocycles. The van der Waals surface area contributed by atoms with Crippen molar-refractivity contribution in [2.45, 2.75) is 20.3 Å². The van der Waals surface area contributed by atoms with Crippen LogP contribution in [0.15, 0.2) is 34.2 Å². The number of carbonyl (C=O) groups is 1. The Bertz CT molecular complexity index is 343. The molecule has 0 bridgehead atoms. The smallest absolute Gasteiger partial charge is 0.229 e. The van der Waals surface area contributed by atoms with E-state index in [0.717, 1.165) is 0 Å². The van der Waals surface area contributed by atoms with Crippen LogP contribution in [0.1, 0.15) is 20.3 Å². The van der Waals surface area contributed by atoms with Crippen molar-refractivity contribution in [3.8, 4) is 0 Å². The SMILES string of the molecule is C=N/N=C(\C)NC(=O)CC(=C)/C=C(\C)OC. The summed E-state index contributed by atoms with van der Waals surface area (Å²) in [5.74, 6) is 0.909. The highest BCUT2D eigenvalue weighted by molar-refractivity contribution is 5.97. The molecular weight excluding hydrogens is 206 g/mol. The van der Waals surface area contributed by atoms with E-state index >= 15 is 0 Å². The third kappa shape index (κ3) is 6.53. The summed E-state index contributed by atoms with van der Waals surface area (Å²) in [6.07, 6.45) is 1.89. The standard InChI is InChI=1S/C11H17N3O2/c1-8(6-9(2)16-5)7-11(15)13-10(3)14-12-4/h6H,1,4,7H2,2-3,5H3,(H,13,14,15)/b9-6+. The Hall–Kier alpha value is -1.91. The van der Waals surface area contributed by atoms with E-state index in [4.69, 9.17) is 4.74 Å². The van der Waals surface area contributed by atoms with Crippen molar-refractivity contribution in [1.29, 1.82) is 0 Å². The summed E-state index contributed by atoms with van der Waals surface area (Å²) in [6, 6.07) is 0. The topological polar surface area (TPSA) is 63.0 Å². The van der Waals surface area contributed by atoms with Crippen LogP contribution in [0.4, 0.5) is 0 Å². The van der Waals surface area contributed by atoms with Crippen molar-refractivity contribution in [1.82, 2.24) is 5.32 Å². The van der Waals surface area contributed by atoms with Gasteiger partial charge in [-0.25, -0.2) is 0 Å². The third-order valence-electron chi connectivity index (χ3n) is 1.66. The molecule has 0 atom stereocenters. The van der Waals surface area contributed by atoms with Gasteiger partial charge in [0, 0.05) is 6.72 Å². The molecule has 0 aromatic carbocycles. The number of hydrogen-bond donors (Lipinski definition) is 1. The highest BCUT2D eigenvalue weighted by Gasteiger charge is 2.04. The first-order chi connectivity index (χ1) is 7.49. The minimum Gasteiger partial charge on any atom is -0.501 e. The molecule has 0 aromatic heterocycles. The summed E-state index contributed by atoms with van der Waals surface area (Å²) in [6.45, 7) is 10.3. The van der Waals surface area contributed by atoms with Crippen LogP contribution in [0, 0.1) is 0 Å². The van der Waals surface area contributed by atoms with Gasteiger partial charge in [-0.05, 0) is 25.5 Å². The number of carbonyl (C=O) groups excluding carboxylic acids is 1. The predicted molar refractivity (Wildman–Crippen MR) is 65.3 cm³/mol. The number of hydrogen-bond acceptors (Lipinski definition) is 4. The molecule has 0 saturated carbocycles. The molecule has 0 spiro atoms. The molecule has 0 aromatic rings. The molecule has 0 unspecified atom stereocenters. The Morgan fingerprint density at radius 1 is 1.50 bits per heavy atom. The minimum absolute atomic E-state index is 0.185. The first kappa shape index (κ1) is 14.1. The van der Waals surface area contributed by atoms with Gasteiger partial charge in [0.25, 0.3) is 0 Å². The molecule has 0 heterocycles. The Morgan fingerprint density at radius 2 is 2.12 bits per heavy atom. The van der Waals surface area contributed by atoms with Gasteiger partial charge in [0.1, 0.15) is 5.84 Å². The molecule has 0 saturated heterocycles. The van der Waals surface area contributed by atoms with E-state index in [0.29, 0.717) is 17.2 Å². The lowest BCUT2D eigenvalue weighted by molar-refractivity contribution is -0.119. The number of ether oxygens (including phenoxy) is 1. The fourth-order valence-corrected chi connectivity index (χ4v) is 0.981. The zero-order chi connectivity index (χ0) is 12.6. The molecule has 0 rings (SSSR count). The Balaban J connectivity index is 4.21. The molecule has 1 N–H and O–H groups in total. The van der Waals surface area contributed by atoms with Crippen LogP contribution in [0.2, 0.25) is 0 Å². The van der Waals surface area contributed by atoms with E-state index in [1.54, 1.807) is 27.0 Å². The van der Waals surface area contributed by atoms with Crippen molar-refractivity contribution >= 4 is 18.5 Å². The molecule has 1 amide bonds. The van der Waals surface area contributed by atoms with Gasteiger partial charge in [0.2, 0.25) is 5.91 Å². The fourth-order valence-electron chi connectivity index (χ4n) is 0.981. The summed E-state index contributed by atoms with van der Waals surface area (Å²) in [5, 5.41) is 9.43. The highest BCUT2D eigenvalue weighted by Crippen LogP contribution is 2.04. The molecule has 5 heteroatoms. The lowest BCUT2D eigenvalue weighted by Crippen LogP contribution is -2.28. The molecule has 5 nitrogen and oxygen atoms in total. The van der Waals surface area contributed by atoms with Gasteiger partial charge >= 0.3 is 0 Å².